The van der Waals surface area contributed by atoms with E-state index in [4.69, 9.17) is 24.3 Å². The number of sulfone groups is 2. The smallest absolute Gasteiger partial charge is 0.265 e. The minimum atomic E-state index is -4.06. The van der Waals surface area contributed by atoms with Crippen molar-refractivity contribution in [2.75, 3.05) is 26.4 Å². The summed E-state index contributed by atoms with van der Waals surface area (Å²) in [7, 11) is -8.09. The molecule has 0 unspecified atom stereocenters. The highest BCUT2D eigenvalue weighted by Crippen LogP contribution is 2.38. The number of amides is 2. The molecule has 2 saturated heterocycles. The molecule has 4 N–H and O–H groups in total. The van der Waals surface area contributed by atoms with Crippen LogP contribution in [0.5, 0.6) is 0 Å². The molecule has 0 bridgehead atoms. The highest BCUT2D eigenvalue weighted by Gasteiger charge is 2.53. The van der Waals surface area contributed by atoms with Crippen molar-refractivity contribution in [2.45, 2.75) is 45.0 Å². The molecule has 0 saturated carbocycles. The molecule has 6 aromatic rings. The molecule has 2 aromatic heterocycles. The van der Waals surface area contributed by atoms with Crippen molar-refractivity contribution in [3.8, 4) is 22.0 Å². The standard InChI is InChI=1S/C19H18N2O6S.C19H18N2O5S2/c2*22-18(21-23)19(9-11-26-12-10-19)28(24,25)14-7-5-13(6-8-14)17-20-15-3-1-2-4-16(15)27-17/h2*1-8,23H,9-12H2,(H,21,22). The average Bonchev–Trinajstić information content (AvgIpc) is 3.89. The molecule has 56 heavy (non-hydrogen) atoms. The van der Waals surface area contributed by atoms with Crippen molar-refractivity contribution >= 4 is 64.1 Å². The topological polar surface area (TPSA) is 224 Å². The van der Waals surface area contributed by atoms with Gasteiger partial charge in [-0.05, 0) is 86.3 Å². The number of hydroxylamine groups is 2. The first-order chi connectivity index (χ1) is 27.0. The van der Waals surface area contributed by atoms with Crippen LogP contribution in [0.1, 0.15) is 25.7 Å². The summed E-state index contributed by atoms with van der Waals surface area (Å²) in [5.74, 6) is -1.50. The Kier molecular flexibility index (Phi) is 11.1. The molecule has 4 heterocycles. The fourth-order valence-corrected chi connectivity index (χ4v) is 11.7. The van der Waals surface area contributed by atoms with Gasteiger partial charge in [0.1, 0.15) is 10.5 Å². The van der Waals surface area contributed by atoms with Gasteiger partial charge in [-0.3, -0.25) is 20.0 Å². The summed E-state index contributed by atoms with van der Waals surface area (Å²) in [4.78, 5) is 33.5. The van der Waals surface area contributed by atoms with Crippen LogP contribution in [0.3, 0.4) is 0 Å². The number of nitrogens with one attached hydrogen (secondary N) is 2. The first kappa shape index (κ1) is 39.2. The second kappa shape index (κ2) is 15.8. The zero-order chi connectivity index (χ0) is 39.6. The van der Waals surface area contributed by atoms with Gasteiger partial charge in [-0.15, -0.1) is 11.3 Å². The minimum Gasteiger partial charge on any atom is -0.436 e. The number of carbonyl (C=O) groups excluding carboxylic acids is 2. The van der Waals surface area contributed by atoms with E-state index in [0.717, 1.165) is 20.8 Å². The van der Waals surface area contributed by atoms with Gasteiger partial charge in [0.2, 0.25) is 5.89 Å². The van der Waals surface area contributed by atoms with Crippen molar-refractivity contribution < 1.29 is 50.7 Å². The predicted molar refractivity (Wildman–Crippen MR) is 204 cm³/mol. The number of fused-ring (bicyclic) bond motifs is 2. The Labute approximate surface area is 325 Å². The zero-order valence-corrected chi connectivity index (χ0v) is 32.0. The van der Waals surface area contributed by atoms with E-state index in [-0.39, 0.29) is 61.9 Å². The number of para-hydroxylation sites is 3. The van der Waals surface area contributed by atoms with Crippen LogP contribution in [0, 0.1) is 0 Å². The lowest BCUT2D eigenvalue weighted by Crippen LogP contribution is -2.54. The highest BCUT2D eigenvalue weighted by molar-refractivity contribution is 7.94. The van der Waals surface area contributed by atoms with Gasteiger partial charge in [-0.2, -0.15) is 0 Å². The van der Waals surface area contributed by atoms with Gasteiger partial charge in [0.15, 0.2) is 34.8 Å². The van der Waals surface area contributed by atoms with Gasteiger partial charge < -0.3 is 13.9 Å². The molecule has 0 spiro atoms. The molecule has 0 aliphatic carbocycles. The molecule has 2 aliphatic heterocycles. The number of hydrogen-bond donors (Lipinski definition) is 4. The molecule has 8 rings (SSSR count). The van der Waals surface area contributed by atoms with Crippen LogP contribution in [0.25, 0.3) is 43.3 Å². The second-order valence-electron chi connectivity index (χ2n) is 13.1. The van der Waals surface area contributed by atoms with Gasteiger partial charge in [-0.25, -0.2) is 37.8 Å². The van der Waals surface area contributed by atoms with Crippen LogP contribution in [0.15, 0.2) is 111 Å². The Morgan fingerprint density at radius 2 is 1.07 bits per heavy atom. The monoisotopic (exact) mass is 820 g/mol. The SMILES string of the molecule is O=C(NO)C1(S(=O)(=O)c2ccc(-c3nc4ccccc4o3)cc2)CCOCC1.O=C(NO)C1(S(=O)(=O)c2ccc(-c3nc4ccccc4s3)cc2)CCOCC1. The maximum absolute atomic E-state index is 13.3. The number of rotatable bonds is 8. The normalized spacial score (nSPS) is 16.8. The van der Waals surface area contributed by atoms with E-state index >= 15 is 0 Å². The van der Waals surface area contributed by atoms with E-state index in [1.165, 1.54) is 46.6 Å². The number of ether oxygens (including phenoxy) is 2. The number of nitrogens with zero attached hydrogens (tertiary/aromatic N) is 2. The molecule has 2 fully saturated rings. The lowest BCUT2D eigenvalue weighted by Gasteiger charge is -2.34. The Bertz CT molecular complexity index is 2350. The van der Waals surface area contributed by atoms with Gasteiger partial charge in [0, 0.05) is 37.6 Å². The Morgan fingerprint density at radius 1 is 0.607 bits per heavy atom. The maximum Gasteiger partial charge on any atom is 0.265 e. The highest BCUT2D eigenvalue weighted by atomic mass is 32.2. The van der Waals surface area contributed by atoms with Crippen LogP contribution < -0.4 is 11.0 Å². The second-order valence-corrected chi connectivity index (χ2v) is 18.7. The first-order valence-corrected chi connectivity index (χ1v) is 21.2. The molecule has 2 amide bonds. The molecule has 2 aliphatic rings. The van der Waals surface area contributed by atoms with Crippen molar-refractivity contribution in [1.29, 1.82) is 0 Å². The van der Waals surface area contributed by atoms with Gasteiger partial charge in [0.05, 0.1) is 20.0 Å². The third-order valence-electron chi connectivity index (χ3n) is 10.1. The summed E-state index contributed by atoms with van der Waals surface area (Å²) >= 11 is 1.53. The molecular weight excluding hydrogens is 785 g/mol. The lowest BCUT2D eigenvalue weighted by atomic mass is 9.98. The number of oxazole rings is 1. The Morgan fingerprint density at radius 3 is 1.55 bits per heavy atom. The first-order valence-electron chi connectivity index (χ1n) is 17.4. The van der Waals surface area contributed by atoms with E-state index in [0.29, 0.717) is 22.6 Å². The van der Waals surface area contributed by atoms with Crippen molar-refractivity contribution in [1.82, 2.24) is 20.9 Å². The summed E-state index contributed by atoms with van der Waals surface area (Å²) in [6.07, 6.45) is -0.0914. The number of carbonyl (C=O) groups is 2. The van der Waals surface area contributed by atoms with Crippen molar-refractivity contribution in [3.05, 3.63) is 97.1 Å². The quantitative estimate of drug-likeness (QED) is 0.116. The summed E-state index contributed by atoms with van der Waals surface area (Å²) in [5, 5.41) is 19.0. The van der Waals surface area contributed by atoms with Crippen LogP contribution in [0.2, 0.25) is 0 Å². The van der Waals surface area contributed by atoms with Crippen LogP contribution in [-0.4, -0.2) is 85.0 Å². The van der Waals surface area contributed by atoms with Gasteiger partial charge >= 0.3 is 0 Å². The molecule has 0 atom stereocenters. The van der Waals surface area contributed by atoms with Gasteiger partial charge in [-0.1, -0.05) is 36.4 Å². The van der Waals surface area contributed by atoms with Gasteiger partial charge in [0.25, 0.3) is 11.8 Å². The van der Waals surface area contributed by atoms with E-state index in [9.17, 15) is 26.4 Å². The fourth-order valence-electron chi connectivity index (χ4n) is 6.84. The molecule has 292 valence electrons. The Balaban J connectivity index is 0.000000172. The van der Waals surface area contributed by atoms with Crippen LogP contribution >= 0.6 is 11.3 Å². The van der Waals surface area contributed by atoms with Crippen molar-refractivity contribution in [3.63, 3.8) is 0 Å². The van der Waals surface area contributed by atoms with E-state index < -0.39 is 41.0 Å². The molecule has 4 aromatic carbocycles. The third-order valence-corrected chi connectivity index (χ3v) is 16.2. The van der Waals surface area contributed by atoms with E-state index in [2.05, 4.69) is 9.97 Å². The molecule has 15 nitrogen and oxygen atoms in total. The summed E-state index contributed by atoms with van der Waals surface area (Å²) in [6, 6.07) is 27.4. The zero-order valence-electron chi connectivity index (χ0n) is 29.6. The van der Waals surface area contributed by atoms with E-state index in [1.54, 1.807) is 30.3 Å². The average molecular weight is 821 g/mol. The maximum atomic E-state index is 13.3. The Hall–Kier alpha value is -5.08. The third kappa shape index (κ3) is 6.97. The predicted octanol–water partition coefficient (Wildman–Crippen LogP) is 5.11. The molecule has 18 heteroatoms. The number of benzene rings is 4. The number of hydrogen-bond acceptors (Lipinski definition) is 14. The lowest BCUT2D eigenvalue weighted by molar-refractivity contribution is -0.135. The summed E-state index contributed by atoms with van der Waals surface area (Å²) in [5.41, 5.74) is 6.67. The van der Waals surface area contributed by atoms with Crippen molar-refractivity contribution in [2.24, 2.45) is 0 Å². The van der Waals surface area contributed by atoms with Crippen LogP contribution in [0.4, 0.5) is 0 Å². The summed E-state index contributed by atoms with van der Waals surface area (Å²) in [6.45, 7) is 0.508. The minimum absolute atomic E-state index is 0.0126. The van der Waals surface area contributed by atoms with E-state index in [1.807, 2.05) is 42.5 Å². The largest absolute Gasteiger partial charge is 0.436 e. The number of aromatic nitrogens is 2. The molecule has 0 radical (unpaired) electrons. The van der Waals surface area contributed by atoms with Crippen LogP contribution in [-0.2, 0) is 38.7 Å². The fraction of sp³-hybridized carbons (Fsp3) is 0.263. The molecular formula is C38H36N4O11S3. The summed E-state index contributed by atoms with van der Waals surface area (Å²) < 4.78 is 66.7. The number of thiazole rings is 1.